The minimum Gasteiger partial charge on any atom is -0.480 e. The summed E-state index contributed by atoms with van der Waals surface area (Å²) in [6.07, 6.45) is 2.74. The van der Waals surface area contributed by atoms with Crippen molar-refractivity contribution in [2.75, 3.05) is 13.1 Å². The van der Waals surface area contributed by atoms with Crippen LogP contribution in [-0.2, 0) is 4.79 Å². The summed E-state index contributed by atoms with van der Waals surface area (Å²) in [6, 6.07) is 7.05. The topological polar surface area (TPSA) is 46.6 Å². The van der Waals surface area contributed by atoms with Gasteiger partial charge in [-0.25, -0.2) is 0 Å². The van der Waals surface area contributed by atoms with Gasteiger partial charge in [-0.1, -0.05) is 12.1 Å². The van der Waals surface area contributed by atoms with Crippen LogP contribution >= 0.6 is 0 Å². The quantitative estimate of drug-likeness (QED) is 0.794. The molecule has 1 heterocycles. The molecule has 0 aliphatic carbocycles. The van der Waals surface area contributed by atoms with Crippen LogP contribution in [0.2, 0.25) is 0 Å². The van der Waals surface area contributed by atoms with E-state index in [0.717, 1.165) is 25.9 Å². The van der Waals surface area contributed by atoms with Gasteiger partial charge in [0.1, 0.15) is 5.75 Å². The van der Waals surface area contributed by atoms with Crippen molar-refractivity contribution in [3.63, 3.8) is 0 Å². The number of carbonyl (C=O) groups excluding carboxylic acids is 2. The van der Waals surface area contributed by atoms with Gasteiger partial charge in [-0.05, 0) is 45.2 Å². The van der Waals surface area contributed by atoms with Gasteiger partial charge >= 0.3 is 0 Å². The van der Waals surface area contributed by atoms with Crippen molar-refractivity contribution >= 4 is 11.7 Å². The van der Waals surface area contributed by atoms with Crippen molar-refractivity contribution in [1.82, 2.24) is 4.90 Å². The zero-order chi connectivity index (χ0) is 14.5. The van der Waals surface area contributed by atoms with Gasteiger partial charge in [0.2, 0.25) is 0 Å². The van der Waals surface area contributed by atoms with Crippen LogP contribution in [0.4, 0.5) is 0 Å². The summed E-state index contributed by atoms with van der Waals surface area (Å²) in [5, 5.41) is 0. The van der Waals surface area contributed by atoms with Crippen molar-refractivity contribution in [3.8, 4) is 5.75 Å². The van der Waals surface area contributed by atoms with Gasteiger partial charge in [0.15, 0.2) is 11.9 Å². The van der Waals surface area contributed by atoms with E-state index in [4.69, 9.17) is 4.74 Å². The summed E-state index contributed by atoms with van der Waals surface area (Å²) in [5.41, 5.74) is 0.519. The number of amides is 1. The van der Waals surface area contributed by atoms with E-state index in [1.54, 1.807) is 31.2 Å². The zero-order valence-electron chi connectivity index (χ0n) is 12.1. The fourth-order valence-electron chi connectivity index (χ4n) is 2.47. The number of ether oxygens (including phenoxy) is 1. The van der Waals surface area contributed by atoms with E-state index in [2.05, 4.69) is 0 Å². The van der Waals surface area contributed by atoms with E-state index in [1.807, 2.05) is 4.90 Å². The first kappa shape index (κ1) is 14.6. The number of Topliss-reactive ketones (excluding diaryl/α,β-unsaturated/α-hetero) is 1. The van der Waals surface area contributed by atoms with Crippen LogP contribution in [0.1, 0.15) is 43.5 Å². The Balaban J connectivity index is 2.05. The van der Waals surface area contributed by atoms with Gasteiger partial charge in [0.05, 0.1) is 5.56 Å². The normalized spacial score (nSPS) is 16.6. The maximum Gasteiger partial charge on any atom is 0.263 e. The highest BCUT2D eigenvalue weighted by Gasteiger charge is 2.24. The van der Waals surface area contributed by atoms with E-state index in [-0.39, 0.29) is 11.7 Å². The van der Waals surface area contributed by atoms with E-state index in [0.29, 0.717) is 11.3 Å². The van der Waals surface area contributed by atoms with Crippen LogP contribution in [0.25, 0.3) is 0 Å². The number of carbonyl (C=O) groups is 2. The molecule has 0 spiro atoms. The Kier molecular flexibility index (Phi) is 4.77. The fraction of sp³-hybridized carbons (Fsp3) is 0.500. The molecule has 4 heteroatoms. The van der Waals surface area contributed by atoms with Gasteiger partial charge in [-0.3, -0.25) is 9.59 Å². The molecule has 1 unspecified atom stereocenters. The van der Waals surface area contributed by atoms with Crippen LogP contribution in [0.15, 0.2) is 24.3 Å². The predicted octanol–water partition coefficient (Wildman–Crippen LogP) is 2.67. The molecule has 0 N–H and O–H groups in total. The highest BCUT2D eigenvalue weighted by molar-refractivity contribution is 5.96. The number of rotatable bonds is 4. The molecule has 4 nitrogen and oxygen atoms in total. The monoisotopic (exact) mass is 275 g/mol. The molecule has 1 aromatic carbocycles. The minimum atomic E-state index is -0.561. The van der Waals surface area contributed by atoms with Gasteiger partial charge in [0.25, 0.3) is 5.91 Å². The predicted molar refractivity (Wildman–Crippen MR) is 77.0 cm³/mol. The number of hydrogen-bond acceptors (Lipinski definition) is 3. The smallest absolute Gasteiger partial charge is 0.263 e. The fourth-order valence-corrected chi connectivity index (χ4v) is 2.47. The maximum atomic E-state index is 12.3. The first-order valence-electron chi connectivity index (χ1n) is 7.15. The number of hydrogen-bond donors (Lipinski definition) is 0. The molecule has 1 amide bonds. The highest BCUT2D eigenvalue weighted by atomic mass is 16.5. The number of ketones is 1. The second-order valence-corrected chi connectivity index (χ2v) is 5.20. The van der Waals surface area contributed by atoms with Crippen molar-refractivity contribution < 1.29 is 14.3 Å². The van der Waals surface area contributed by atoms with E-state index < -0.39 is 6.10 Å². The first-order valence-corrected chi connectivity index (χ1v) is 7.15. The van der Waals surface area contributed by atoms with Gasteiger partial charge in [-0.2, -0.15) is 0 Å². The Hall–Kier alpha value is -1.84. The molecule has 0 aromatic heterocycles. The van der Waals surface area contributed by atoms with Crippen LogP contribution in [-0.4, -0.2) is 35.8 Å². The summed E-state index contributed by atoms with van der Waals surface area (Å²) in [6.45, 7) is 4.86. The first-order chi connectivity index (χ1) is 9.59. The third-order valence-corrected chi connectivity index (χ3v) is 3.59. The van der Waals surface area contributed by atoms with Crippen molar-refractivity contribution in [2.24, 2.45) is 0 Å². The Bertz CT molecular complexity index is 492. The number of nitrogens with zero attached hydrogens (tertiary/aromatic N) is 1. The molecule has 1 fully saturated rings. The summed E-state index contributed by atoms with van der Waals surface area (Å²) < 4.78 is 5.71. The van der Waals surface area contributed by atoms with E-state index in [9.17, 15) is 9.59 Å². The lowest BCUT2D eigenvalue weighted by atomic mass is 10.1. The average molecular weight is 275 g/mol. The molecule has 1 aromatic rings. The van der Waals surface area contributed by atoms with Gasteiger partial charge < -0.3 is 9.64 Å². The third kappa shape index (κ3) is 3.38. The Morgan fingerprint density at radius 3 is 2.45 bits per heavy atom. The van der Waals surface area contributed by atoms with E-state index >= 15 is 0 Å². The molecular formula is C16H21NO3. The van der Waals surface area contributed by atoms with Crippen LogP contribution < -0.4 is 4.74 Å². The molecule has 0 radical (unpaired) electrons. The number of piperidine rings is 1. The summed E-state index contributed by atoms with van der Waals surface area (Å²) in [5.74, 6) is 0.430. The molecule has 0 saturated carbocycles. The molecule has 0 bridgehead atoms. The van der Waals surface area contributed by atoms with Gasteiger partial charge in [0, 0.05) is 13.1 Å². The molecule has 1 aliphatic rings. The largest absolute Gasteiger partial charge is 0.480 e. The molecule has 20 heavy (non-hydrogen) atoms. The summed E-state index contributed by atoms with van der Waals surface area (Å²) >= 11 is 0. The molecule has 1 aliphatic heterocycles. The molecule has 108 valence electrons. The standard InChI is InChI=1S/C16H21NO3/c1-12(18)14-8-4-5-9-15(14)20-13(2)16(19)17-10-6-3-7-11-17/h4-5,8-9,13H,3,6-7,10-11H2,1-2H3. The Labute approximate surface area is 119 Å². The average Bonchev–Trinajstić information content (AvgIpc) is 2.47. The number of benzene rings is 1. The maximum absolute atomic E-state index is 12.3. The zero-order valence-corrected chi connectivity index (χ0v) is 12.1. The highest BCUT2D eigenvalue weighted by Crippen LogP contribution is 2.21. The SMILES string of the molecule is CC(=O)c1ccccc1OC(C)C(=O)N1CCCCC1. The number of likely N-dealkylation sites (tertiary alicyclic amines) is 1. The summed E-state index contributed by atoms with van der Waals surface area (Å²) in [7, 11) is 0. The van der Waals surface area contributed by atoms with Gasteiger partial charge in [-0.15, -0.1) is 0 Å². The second kappa shape index (κ2) is 6.55. The lowest BCUT2D eigenvalue weighted by molar-refractivity contribution is -0.138. The van der Waals surface area contributed by atoms with Crippen molar-refractivity contribution in [3.05, 3.63) is 29.8 Å². The van der Waals surface area contributed by atoms with E-state index in [1.165, 1.54) is 13.3 Å². The lowest BCUT2D eigenvalue weighted by Crippen LogP contribution is -2.43. The van der Waals surface area contributed by atoms with Crippen molar-refractivity contribution in [2.45, 2.75) is 39.2 Å². The molecule has 1 saturated heterocycles. The molecule has 2 rings (SSSR count). The molecular weight excluding hydrogens is 254 g/mol. The molecule has 1 atom stereocenters. The van der Waals surface area contributed by atoms with Crippen LogP contribution in [0.5, 0.6) is 5.75 Å². The third-order valence-electron chi connectivity index (χ3n) is 3.59. The van der Waals surface area contributed by atoms with Crippen molar-refractivity contribution in [1.29, 1.82) is 0 Å². The second-order valence-electron chi connectivity index (χ2n) is 5.20. The Morgan fingerprint density at radius 2 is 1.80 bits per heavy atom. The summed E-state index contributed by atoms with van der Waals surface area (Å²) in [4.78, 5) is 25.7. The van der Waals surface area contributed by atoms with Crippen LogP contribution in [0, 0.1) is 0 Å². The van der Waals surface area contributed by atoms with Crippen LogP contribution in [0.3, 0.4) is 0 Å². The number of para-hydroxylation sites is 1. The Morgan fingerprint density at radius 1 is 1.15 bits per heavy atom. The lowest BCUT2D eigenvalue weighted by Gasteiger charge is -2.29. The minimum absolute atomic E-state index is 0.00283.